The van der Waals surface area contributed by atoms with E-state index in [1.807, 2.05) is 18.2 Å². The molecule has 0 spiro atoms. The maximum Gasteiger partial charge on any atom is 0.339 e. The van der Waals surface area contributed by atoms with Gasteiger partial charge < -0.3 is 19.6 Å². The van der Waals surface area contributed by atoms with Crippen LogP contribution in [0.2, 0.25) is 0 Å². The Morgan fingerprint density at radius 2 is 1.92 bits per heavy atom. The fourth-order valence-electron chi connectivity index (χ4n) is 4.26. The Morgan fingerprint density at radius 1 is 1.15 bits per heavy atom. The van der Waals surface area contributed by atoms with Crippen molar-refractivity contribution in [3.8, 4) is 5.75 Å². The van der Waals surface area contributed by atoms with E-state index in [2.05, 4.69) is 5.32 Å². The first-order chi connectivity index (χ1) is 12.7. The van der Waals surface area contributed by atoms with Gasteiger partial charge in [0.15, 0.2) is 0 Å². The quantitative estimate of drug-likeness (QED) is 0.778. The van der Waals surface area contributed by atoms with Crippen LogP contribution in [-0.4, -0.2) is 30.4 Å². The molecule has 1 unspecified atom stereocenters. The molecule has 1 aromatic carbocycles. The van der Waals surface area contributed by atoms with Crippen molar-refractivity contribution in [2.45, 2.75) is 63.5 Å². The first kappa shape index (κ1) is 17.6. The second-order valence-electron chi connectivity index (χ2n) is 7.54. The average molecular weight is 357 g/mol. The van der Waals surface area contributed by atoms with Crippen molar-refractivity contribution < 1.29 is 14.3 Å². The highest BCUT2D eigenvalue weighted by molar-refractivity contribution is 5.87. The van der Waals surface area contributed by atoms with Gasteiger partial charge in [-0.05, 0) is 56.2 Å². The van der Waals surface area contributed by atoms with E-state index < -0.39 is 6.10 Å². The second-order valence-corrected chi connectivity index (χ2v) is 7.54. The monoisotopic (exact) mass is 357 g/mol. The van der Waals surface area contributed by atoms with Gasteiger partial charge in [-0.3, -0.25) is 0 Å². The lowest BCUT2D eigenvalue weighted by atomic mass is 9.90. The van der Waals surface area contributed by atoms with Gasteiger partial charge in [-0.1, -0.05) is 18.9 Å². The van der Waals surface area contributed by atoms with Crippen molar-refractivity contribution in [3.05, 3.63) is 39.7 Å². The van der Waals surface area contributed by atoms with Gasteiger partial charge in [-0.2, -0.15) is 0 Å². The maximum absolute atomic E-state index is 12.2. The minimum absolute atomic E-state index is 0.217. The largest absolute Gasteiger partial charge is 0.490 e. The summed E-state index contributed by atoms with van der Waals surface area (Å²) in [6, 6.07) is 6.08. The number of hydrogen-bond donors (Lipinski definition) is 2. The molecule has 5 nitrogen and oxygen atoms in total. The molecule has 0 saturated heterocycles. The summed E-state index contributed by atoms with van der Waals surface area (Å²) in [5.74, 6) is 0.698. The minimum atomic E-state index is -0.558. The third-order valence-electron chi connectivity index (χ3n) is 5.64. The van der Waals surface area contributed by atoms with Crippen LogP contribution in [-0.2, 0) is 12.8 Å². The lowest BCUT2D eigenvalue weighted by molar-refractivity contribution is 0.104. The van der Waals surface area contributed by atoms with Gasteiger partial charge in [0.05, 0.1) is 5.39 Å². The third kappa shape index (κ3) is 3.64. The summed E-state index contributed by atoms with van der Waals surface area (Å²) >= 11 is 0. The average Bonchev–Trinajstić information content (AvgIpc) is 3.18. The van der Waals surface area contributed by atoms with Crippen LogP contribution in [0.4, 0.5) is 0 Å². The second kappa shape index (κ2) is 7.80. The molecule has 26 heavy (non-hydrogen) atoms. The summed E-state index contributed by atoms with van der Waals surface area (Å²) in [6.07, 6.45) is 8.14. The van der Waals surface area contributed by atoms with Crippen molar-refractivity contribution in [1.29, 1.82) is 0 Å². The zero-order valence-corrected chi connectivity index (χ0v) is 15.1. The number of hydrogen-bond acceptors (Lipinski definition) is 5. The van der Waals surface area contributed by atoms with Gasteiger partial charge in [0.1, 0.15) is 24.0 Å². The number of rotatable bonds is 6. The molecule has 5 heteroatoms. The number of aryl methyl sites for hydroxylation is 1. The van der Waals surface area contributed by atoms with Gasteiger partial charge in [-0.25, -0.2) is 4.79 Å². The lowest BCUT2D eigenvalue weighted by Gasteiger charge is -2.20. The Morgan fingerprint density at radius 3 is 2.73 bits per heavy atom. The van der Waals surface area contributed by atoms with Gasteiger partial charge in [0.2, 0.25) is 0 Å². The first-order valence-corrected chi connectivity index (χ1v) is 9.84. The zero-order valence-electron chi connectivity index (χ0n) is 15.1. The smallest absolute Gasteiger partial charge is 0.339 e. The van der Waals surface area contributed by atoms with Crippen LogP contribution in [0.3, 0.4) is 0 Å². The normalized spacial score (nSPS) is 18.8. The number of aliphatic hydroxyl groups excluding tert-OH is 1. The van der Waals surface area contributed by atoms with Gasteiger partial charge in [0.25, 0.3) is 0 Å². The van der Waals surface area contributed by atoms with Crippen LogP contribution in [0.1, 0.15) is 49.7 Å². The zero-order chi connectivity index (χ0) is 17.9. The highest BCUT2D eigenvalue weighted by Crippen LogP contribution is 2.33. The lowest BCUT2D eigenvalue weighted by Crippen LogP contribution is -2.36. The molecule has 1 heterocycles. The van der Waals surface area contributed by atoms with Crippen molar-refractivity contribution in [2.24, 2.45) is 0 Å². The summed E-state index contributed by atoms with van der Waals surface area (Å²) in [5.41, 5.74) is 2.22. The number of aliphatic hydroxyl groups is 1. The van der Waals surface area contributed by atoms with E-state index in [1.54, 1.807) is 0 Å². The Bertz CT molecular complexity index is 823. The van der Waals surface area contributed by atoms with E-state index in [0.29, 0.717) is 23.9 Å². The fourth-order valence-corrected chi connectivity index (χ4v) is 4.26. The number of nitrogens with one attached hydrogen (secondary N) is 1. The standard InChI is InChI=1S/C21H27NO4/c23-15(12-22-14-6-1-2-7-14)13-25-18-10-5-11-19-20(18)16-8-3-4-9-17(16)21(24)26-19/h5,10-11,14-15,22-23H,1-4,6-9,12-13H2. The molecule has 1 aromatic heterocycles. The number of ether oxygens (including phenoxy) is 1. The Balaban J connectivity index is 1.50. The molecule has 1 fully saturated rings. The molecule has 2 aliphatic rings. The van der Waals surface area contributed by atoms with Crippen molar-refractivity contribution in [3.63, 3.8) is 0 Å². The fraction of sp³-hybridized carbons (Fsp3) is 0.571. The van der Waals surface area contributed by atoms with Gasteiger partial charge in [-0.15, -0.1) is 0 Å². The van der Waals surface area contributed by atoms with E-state index in [-0.39, 0.29) is 12.2 Å². The summed E-state index contributed by atoms with van der Waals surface area (Å²) in [7, 11) is 0. The van der Waals surface area contributed by atoms with E-state index in [9.17, 15) is 9.90 Å². The Hall–Kier alpha value is -1.85. The highest BCUT2D eigenvalue weighted by atomic mass is 16.5. The molecular formula is C21H27NO4. The van der Waals surface area contributed by atoms with Crippen molar-refractivity contribution >= 4 is 11.0 Å². The first-order valence-electron chi connectivity index (χ1n) is 9.84. The van der Waals surface area contributed by atoms with Crippen LogP contribution in [0, 0.1) is 0 Å². The van der Waals surface area contributed by atoms with E-state index in [1.165, 1.54) is 25.7 Å². The minimum Gasteiger partial charge on any atom is -0.490 e. The predicted molar refractivity (Wildman–Crippen MR) is 101 cm³/mol. The van der Waals surface area contributed by atoms with Crippen LogP contribution >= 0.6 is 0 Å². The number of benzene rings is 1. The summed E-state index contributed by atoms with van der Waals surface area (Å²) in [4.78, 5) is 12.2. The van der Waals surface area contributed by atoms with Crippen molar-refractivity contribution in [1.82, 2.24) is 5.32 Å². The molecular weight excluding hydrogens is 330 g/mol. The molecule has 4 rings (SSSR count). The Kier molecular flexibility index (Phi) is 5.27. The van der Waals surface area contributed by atoms with Gasteiger partial charge >= 0.3 is 5.63 Å². The molecule has 140 valence electrons. The summed E-state index contributed by atoms with van der Waals surface area (Å²) in [5, 5.41) is 14.6. The maximum atomic E-state index is 12.2. The highest BCUT2D eigenvalue weighted by Gasteiger charge is 2.21. The van der Waals surface area contributed by atoms with Crippen LogP contribution in [0.5, 0.6) is 5.75 Å². The predicted octanol–water partition coefficient (Wildman–Crippen LogP) is 2.94. The topological polar surface area (TPSA) is 71.7 Å². The molecule has 0 bridgehead atoms. The SMILES string of the molecule is O=c1oc2cccc(OCC(O)CNC3CCCC3)c2c2c1CCCC2. The molecule has 0 amide bonds. The molecule has 2 aromatic rings. The van der Waals surface area contributed by atoms with Crippen molar-refractivity contribution in [2.75, 3.05) is 13.2 Å². The van der Waals surface area contributed by atoms with Crippen LogP contribution in [0.15, 0.2) is 27.4 Å². The molecule has 2 aliphatic carbocycles. The van der Waals surface area contributed by atoms with Gasteiger partial charge in [0, 0.05) is 18.2 Å². The Labute approximate surface area is 153 Å². The molecule has 1 atom stereocenters. The molecule has 0 aliphatic heterocycles. The molecule has 1 saturated carbocycles. The van der Waals surface area contributed by atoms with Crippen LogP contribution in [0.25, 0.3) is 11.0 Å². The summed E-state index contributed by atoms with van der Waals surface area (Å²) < 4.78 is 11.5. The molecule has 2 N–H and O–H groups in total. The van der Waals surface area contributed by atoms with Crippen LogP contribution < -0.4 is 15.7 Å². The third-order valence-corrected chi connectivity index (χ3v) is 5.64. The van der Waals surface area contributed by atoms with E-state index in [4.69, 9.17) is 9.15 Å². The molecule has 0 radical (unpaired) electrons. The van der Waals surface area contributed by atoms with E-state index >= 15 is 0 Å². The number of fused-ring (bicyclic) bond motifs is 3. The summed E-state index contributed by atoms with van der Waals surface area (Å²) in [6.45, 7) is 0.773. The van der Waals surface area contributed by atoms with E-state index in [0.717, 1.165) is 42.2 Å².